The number of nitro groups is 1. The van der Waals surface area contributed by atoms with Gasteiger partial charge in [-0.3, -0.25) is 10.1 Å². The number of aromatic nitrogens is 1. The van der Waals surface area contributed by atoms with Gasteiger partial charge < -0.3 is 19.5 Å². The number of rotatable bonds is 9. The minimum Gasteiger partial charge on any atom is -0.497 e. The standard InChI is InChI=1S/C21H20BrN3O5/c1-28-17-8-6-14(7-9-17)13-30-21(15-4-3-5-18(10-15)29-2)24-20-19(25(26)27)11-16(22)12-23-20/h3-12,21H,13H2,1-2H3,(H,23,24). The molecule has 2 aromatic carbocycles. The molecule has 1 atom stereocenters. The van der Waals surface area contributed by atoms with E-state index in [2.05, 4.69) is 26.2 Å². The minimum atomic E-state index is -0.699. The average Bonchev–Trinajstić information content (AvgIpc) is 2.77. The molecule has 0 fully saturated rings. The van der Waals surface area contributed by atoms with Crippen molar-refractivity contribution in [2.75, 3.05) is 19.5 Å². The first-order valence-corrected chi connectivity index (χ1v) is 9.74. The Hall–Kier alpha value is -3.17. The second-order valence-electron chi connectivity index (χ2n) is 6.24. The number of nitrogens with one attached hydrogen (secondary N) is 1. The first-order chi connectivity index (χ1) is 14.5. The lowest BCUT2D eigenvalue weighted by molar-refractivity contribution is -0.384. The predicted molar refractivity (Wildman–Crippen MR) is 116 cm³/mol. The number of halogens is 1. The van der Waals surface area contributed by atoms with Gasteiger partial charge in [-0.1, -0.05) is 24.3 Å². The number of hydrogen-bond donors (Lipinski definition) is 1. The summed E-state index contributed by atoms with van der Waals surface area (Å²) in [4.78, 5) is 15.1. The third-order valence-corrected chi connectivity index (χ3v) is 4.70. The summed E-state index contributed by atoms with van der Waals surface area (Å²) in [6, 6.07) is 16.1. The van der Waals surface area contributed by atoms with Gasteiger partial charge in [0.1, 0.15) is 11.5 Å². The Morgan fingerprint density at radius 1 is 1.10 bits per heavy atom. The quantitative estimate of drug-likeness (QED) is 0.262. The van der Waals surface area contributed by atoms with Crippen LogP contribution in [0.1, 0.15) is 17.4 Å². The molecule has 1 aromatic heterocycles. The van der Waals surface area contributed by atoms with Crippen LogP contribution >= 0.6 is 15.9 Å². The predicted octanol–water partition coefficient (Wildman–Crippen LogP) is 5.10. The molecule has 8 nitrogen and oxygen atoms in total. The summed E-state index contributed by atoms with van der Waals surface area (Å²) in [5, 5.41) is 14.5. The van der Waals surface area contributed by atoms with Crippen molar-refractivity contribution >= 4 is 27.4 Å². The molecular formula is C21H20BrN3O5. The molecule has 0 radical (unpaired) electrons. The maximum absolute atomic E-state index is 11.5. The monoisotopic (exact) mass is 473 g/mol. The van der Waals surface area contributed by atoms with E-state index in [9.17, 15) is 10.1 Å². The molecule has 0 aliphatic rings. The maximum atomic E-state index is 11.5. The van der Waals surface area contributed by atoms with Crippen LogP contribution in [-0.4, -0.2) is 24.1 Å². The van der Waals surface area contributed by atoms with E-state index in [-0.39, 0.29) is 18.1 Å². The van der Waals surface area contributed by atoms with Crippen molar-refractivity contribution in [1.29, 1.82) is 0 Å². The van der Waals surface area contributed by atoms with Crippen LogP contribution in [0.15, 0.2) is 65.3 Å². The van der Waals surface area contributed by atoms with Gasteiger partial charge in [0.2, 0.25) is 5.82 Å². The van der Waals surface area contributed by atoms with E-state index in [1.165, 1.54) is 12.3 Å². The van der Waals surface area contributed by atoms with Gasteiger partial charge in [-0.15, -0.1) is 0 Å². The Morgan fingerprint density at radius 3 is 2.50 bits per heavy atom. The molecule has 0 bridgehead atoms. The molecule has 1 heterocycles. The number of benzene rings is 2. The Balaban J connectivity index is 1.88. The van der Waals surface area contributed by atoms with Gasteiger partial charge in [-0.25, -0.2) is 4.98 Å². The van der Waals surface area contributed by atoms with E-state index in [0.29, 0.717) is 10.2 Å². The summed E-state index contributed by atoms with van der Waals surface area (Å²) in [5.41, 5.74) is 1.50. The number of anilines is 1. The van der Waals surface area contributed by atoms with Crippen LogP contribution in [0.5, 0.6) is 11.5 Å². The van der Waals surface area contributed by atoms with Crippen LogP contribution in [-0.2, 0) is 11.3 Å². The Bertz CT molecular complexity index is 1010. The summed E-state index contributed by atoms with van der Waals surface area (Å²) in [5.74, 6) is 1.49. The molecule has 0 aliphatic carbocycles. The van der Waals surface area contributed by atoms with Crippen molar-refractivity contribution in [3.63, 3.8) is 0 Å². The van der Waals surface area contributed by atoms with Gasteiger partial charge in [-0.2, -0.15) is 0 Å². The molecule has 3 aromatic rings. The molecule has 1 unspecified atom stereocenters. The molecule has 0 saturated heterocycles. The SMILES string of the molecule is COc1ccc(COC(Nc2ncc(Br)cc2[N+](=O)[O-])c2cccc(OC)c2)cc1. The molecule has 0 spiro atoms. The van der Waals surface area contributed by atoms with Gasteiger partial charge in [-0.05, 0) is 45.8 Å². The zero-order valence-electron chi connectivity index (χ0n) is 16.4. The van der Waals surface area contributed by atoms with E-state index in [1.807, 2.05) is 42.5 Å². The number of pyridine rings is 1. The highest BCUT2D eigenvalue weighted by Crippen LogP contribution is 2.31. The van der Waals surface area contributed by atoms with Crippen LogP contribution in [0.25, 0.3) is 0 Å². The number of hydrogen-bond acceptors (Lipinski definition) is 7. The molecular weight excluding hydrogens is 454 g/mol. The fraction of sp³-hybridized carbons (Fsp3) is 0.190. The molecule has 30 heavy (non-hydrogen) atoms. The fourth-order valence-corrected chi connectivity index (χ4v) is 3.05. The lowest BCUT2D eigenvalue weighted by Crippen LogP contribution is -2.16. The van der Waals surface area contributed by atoms with E-state index in [0.717, 1.165) is 16.9 Å². The molecule has 1 N–H and O–H groups in total. The minimum absolute atomic E-state index is 0.103. The van der Waals surface area contributed by atoms with Crippen LogP contribution in [0, 0.1) is 10.1 Å². The summed E-state index contributed by atoms with van der Waals surface area (Å²) in [6.07, 6.45) is 0.788. The van der Waals surface area contributed by atoms with Crippen molar-refractivity contribution in [2.45, 2.75) is 12.8 Å². The third-order valence-electron chi connectivity index (χ3n) is 4.27. The molecule has 3 rings (SSSR count). The van der Waals surface area contributed by atoms with Crippen molar-refractivity contribution in [3.8, 4) is 11.5 Å². The highest BCUT2D eigenvalue weighted by Gasteiger charge is 2.21. The fourth-order valence-electron chi connectivity index (χ4n) is 2.73. The van der Waals surface area contributed by atoms with Crippen molar-refractivity contribution in [2.24, 2.45) is 0 Å². The van der Waals surface area contributed by atoms with E-state index >= 15 is 0 Å². The second-order valence-corrected chi connectivity index (χ2v) is 7.15. The molecule has 0 amide bonds. The molecule has 0 aliphatic heterocycles. The summed E-state index contributed by atoms with van der Waals surface area (Å²) >= 11 is 3.21. The highest BCUT2D eigenvalue weighted by atomic mass is 79.9. The lowest BCUT2D eigenvalue weighted by Gasteiger charge is -2.21. The smallest absolute Gasteiger partial charge is 0.312 e. The van der Waals surface area contributed by atoms with Crippen LogP contribution in [0.3, 0.4) is 0 Å². The zero-order chi connectivity index (χ0) is 21.5. The van der Waals surface area contributed by atoms with E-state index < -0.39 is 11.2 Å². The van der Waals surface area contributed by atoms with Crippen LogP contribution in [0.2, 0.25) is 0 Å². The molecule has 156 valence electrons. The Labute approximate surface area is 182 Å². The highest BCUT2D eigenvalue weighted by molar-refractivity contribution is 9.10. The topological polar surface area (TPSA) is 95.8 Å². The van der Waals surface area contributed by atoms with Crippen molar-refractivity contribution in [1.82, 2.24) is 4.98 Å². The first kappa shape index (κ1) is 21.5. The molecule has 0 saturated carbocycles. The third kappa shape index (κ3) is 5.46. The van der Waals surface area contributed by atoms with E-state index in [1.54, 1.807) is 20.3 Å². The second kappa shape index (κ2) is 10.0. The van der Waals surface area contributed by atoms with Gasteiger partial charge in [0.05, 0.1) is 25.7 Å². The Morgan fingerprint density at radius 2 is 1.83 bits per heavy atom. The van der Waals surface area contributed by atoms with Gasteiger partial charge in [0, 0.05) is 22.3 Å². The largest absolute Gasteiger partial charge is 0.497 e. The maximum Gasteiger partial charge on any atom is 0.312 e. The number of methoxy groups -OCH3 is 2. The van der Waals surface area contributed by atoms with Gasteiger partial charge >= 0.3 is 5.69 Å². The van der Waals surface area contributed by atoms with Crippen LogP contribution in [0.4, 0.5) is 11.5 Å². The summed E-state index contributed by atoms with van der Waals surface area (Å²) in [7, 11) is 3.17. The van der Waals surface area contributed by atoms with Gasteiger partial charge in [0.25, 0.3) is 0 Å². The molecule has 9 heteroatoms. The first-order valence-electron chi connectivity index (χ1n) is 8.95. The normalized spacial score (nSPS) is 11.6. The number of ether oxygens (including phenoxy) is 3. The lowest BCUT2D eigenvalue weighted by atomic mass is 10.1. The van der Waals surface area contributed by atoms with Crippen LogP contribution < -0.4 is 14.8 Å². The van der Waals surface area contributed by atoms with Gasteiger partial charge in [0.15, 0.2) is 6.23 Å². The Kier molecular flexibility index (Phi) is 7.21. The van der Waals surface area contributed by atoms with Crippen molar-refractivity contribution < 1.29 is 19.1 Å². The van der Waals surface area contributed by atoms with Crippen molar-refractivity contribution in [3.05, 3.63) is 86.5 Å². The average molecular weight is 474 g/mol. The number of nitrogens with zero attached hydrogens (tertiary/aromatic N) is 2. The summed E-state index contributed by atoms with van der Waals surface area (Å²) < 4.78 is 17.1. The summed E-state index contributed by atoms with van der Waals surface area (Å²) in [6.45, 7) is 0.267. The van der Waals surface area contributed by atoms with E-state index in [4.69, 9.17) is 14.2 Å². The zero-order valence-corrected chi connectivity index (χ0v) is 18.0.